The van der Waals surface area contributed by atoms with Crippen LogP contribution in [-0.2, 0) is 29.0 Å². The number of aliphatic hydroxyl groups excluding tert-OH is 1. The van der Waals surface area contributed by atoms with Gasteiger partial charge in [-0.3, -0.25) is 9.59 Å². The molecule has 2 aliphatic heterocycles. The summed E-state index contributed by atoms with van der Waals surface area (Å²) < 4.78 is 5.77. The zero-order valence-corrected chi connectivity index (χ0v) is 19.3. The second-order valence-electron chi connectivity index (χ2n) is 8.96. The number of rotatable bonds is 5. The van der Waals surface area contributed by atoms with Crippen LogP contribution in [0, 0.1) is 0 Å². The third-order valence-electron chi connectivity index (χ3n) is 6.61. The van der Waals surface area contributed by atoms with E-state index in [-0.39, 0.29) is 24.0 Å². The Morgan fingerprint density at radius 1 is 1.00 bits per heavy atom. The van der Waals surface area contributed by atoms with Gasteiger partial charge in [-0.1, -0.05) is 61.5 Å². The Labute approximate surface area is 199 Å². The number of ether oxygens (including phenoxy) is 1. The van der Waals surface area contributed by atoms with E-state index in [9.17, 15) is 14.7 Å². The second kappa shape index (κ2) is 8.82. The van der Waals surface area contributed by atoms with Gasteiger partial charge in [-0.15, -0.1) is 0 Å². The number of fused-ring (bicyclic) bond motifs is 1. The van der Waals surface area contributed by atoms with Crippen LogP contribution in [0.3, 0.4) is 0 Å². The highest BCUT2D eigenvalue weighted by molar-refractivity contribution is 6.46. The molecule has 0 aromatic heterocycles. The Morgan fingerprint density at radius 3 is 2.44 bits per heavy atom. The maximum absolute atomic E-state index is 13.3. The van der Waals surface area contributed by atoms with Crippen molar-refractivity contribution in [3.8, 4) is 5.75 Å². The number of ketones is 1. The average Bonchev–Trinajstić information content (AvgIpc) is 3.35. The molecular formula is C29H27NO4. The van der Waals surface area contributed by atoms with Crippen LogP contribution in [0.15, 0.2) is 78.4 Å². The maximum Gasteiger partial charge on any atom is 0.295 e. The van der Waals surface area contributed by atoms with Gasteiger partial charge in [-0.2, -0.15) is 0 Å². The average molecular weight is 454 g/mol. The van der Waals surface area contributed by atoms with Crippen molar-refractivity contribution >= 4 is 17.4 Å². The van der Waals surface area contributed by atoms with Gasteiger partial charge in [0, 0.05) is 18.5 Å². The molecule has 172 valence electrons. The second-order valence-corrected chi connectivity index (χ2v) is 8.96. The minimum absolute atomic E-state index is 0.0703. The van der Waals surface area contributed by atoms with Gasteiger partial charge in [0.2, 0.25) is 0 Å². The number of hydrogen-bond donors (Lipinski definition) is 1. The Balaban J connectivity index is 1.62. The van der Waals surface area contributed by atoms with Crippen molar-refractivity contribution in [2.45, 2.75) is 45.4 Å². The Morgan fingerprint density at radius 2 is 1.74 bits per heavy atom. The molecule has 1 amide bonds. The molecule has 0 spiro atoms. The number of carbonyl (C=O) groups is 2. The molecule has 1 fully saturated rings. The van der Waals surface area contributed by atoms with Crippen molar-refractivity contribution in [2.75, 3.05) is 0 Å². The predicted molar refractivity (Wildman–Crippen MR) is 130 cm³/mol. The first-order valence-electron chi connectivity index (χ1n) is 11.7. The zero-order chi connectivity index (χ0) is 23.8. The molecule has 0 aliphatic carbocycles. The van der Waals surface area contributed by atoms with Gasteiger partial charge in [-0.25, -0.2) is 0 Å². The lowest BCUT2D eigenvalue weighted by atomic mass is 9.93. The molecule has 0 radical (unpaired) electrons. The van der Waals surface area contributed by atoms with Crippen LogP contribution in [0.4, 0.5) is 0 Å². The maximum atomic E-state index is 13.3. The first kappa shape index (κ1) is 22.0. The molecule has 2 atom stereocenters. The standard InChI is InChI=1S/C29H27NO4/c1-3-19-9-11-21(12-10-19)26-25(27(31)22-13-14-24-23(16-22)15-18(2)34-24)28(32)29(33)30(26)17-20-7-5-4-6-8-20/h4-14,16,18,26,31H,3,15,17H2,1-2H3/b27-25-. The molecule has 2 aliphatic rings. The number of amides is 1. The molecule has 2 unspecified atom stereocenters. The molecule has 1 N–H and O–H groups in total. The van der Waals surface area contributed by atoms with Crippen molar-refractivity contribution in [1.29, 1.82) is 0 Å². The fraction of sp³-hybridized carbons (Fsp3) is 0.241. The summed E-state index contributed by atoms with van der Waals surface area (Å²) in [5.74, 6) is -0.627. The summed E-state index contributed by atoms with van der Waals surface area (Å²) >= 11 is 0. The highest BCUT2D eigenvalue weighted by Gasteiger charge is 2.46. The molecule has 1 saturated heterocycles. The van der Waals surface area contributed by atoms with Gasteiger partial charge in [0.15, 0.2) is 0 Å². The number of hydrogen-bond acceptors (Lipinski definition) is 4. The van der Waals surface area contributed by atoms with Crippen LogP contribution in [0.25, 0.3) is 5.76 Å². The number of likely N-dealkylation sites (tertiary alicyclic amines) is 1. The van der Waals surface area contributed by atoms with Crippen LogP contribution in [0.1, 0.15) is 47.7 Å². The predicted octanol–water partition coefficient (Wildman–Crippen LogP) is 5.19. The fourth-order valence-corrected chi connectivity index (χ4v) is 4.83. The van der Waals surface area contributed by atoms with Gasteiger partial charge >= 0.3 is 0 Å². The molecule has 5 heteroatoms. The molecule has 5 nitrogen and oxygen atoms in total. The van der Waals surface area contributed by atoms with Crippen molar-refractivity contribution in [1.82, 2.24) is 4.90 Å². The number of benzene rings is 3. The Hall–Kier alpha value is -3.86. The van der Waals surface area contributed by atoms with Crippen LogP contribution >= 0.6 is 0 Å². The first-order chi connectivity index (χ1) is 16.5. The molecule has 2 heterocycles. The van der Waals surface area contributed by atoms with Crippen molar-refractivity contribution in [2.24, 2.45) is 0 Å². The van der Waals surface area contributed by atoms with E-state index in [2.05, 4.69) is 6.92 Å². The number of Topliss-reactive ketones (excluding diaryl/α,β-unsaturated/α-hetero) is 1. The van der Waals surface area contributed by atoms with Crippen LogP contribution < -0.4 is 4.74 Å². The van der Waals surface area contributed by atoms with Crippen molar-refractivity contribution in [3.63, 3.8) is 0 Å². The SMILES string of the molecule is CCc1ccc(C2/C(=C(/O)c3ccc4c(c3)CC(C)O4)C(=O)C(=O)N2Cc2ccccc2)cc1. The summed E-state index contributed by atoms with van der Waals surface area (Å²) in [7, 11) is 0. The van der Waals surface area contributed by atoms with Crippen LogP contribution in [-0.4, -0.2) is 27.8 Å². The van der Waals surface area contributed by atoms with Gasteiger partial charge in [0.25, 0.3) is 11.7 Å². The normalized spacial score (nSPS) is 20.9. The smallest absolute Gasteiger partial charge is 0.295 e. The van der Waals surface area contributed by atoms with E-state index in [0.29, 0.717) is 5.56 Å². The van der Waals surface area contributed by atoms with E-state index in [1.807, 2.05) is 73.7 Å². The molecule has 3 aromatic carbocycles. The largest absolute Gasteiger partial charge is 0.507 e. The minimum Gasteiger partial charge on any atom is -0.507 e. The van der Waals surface area contributed by atoms with Crippen LogP contribution in [0.5, 0.6) is 5.75 Å². The van der Waals surface area contributed by atoms with E-state index in [1.165, 1.54) is 0 Å². The topological polar surface area (TPSA) is 66.8 Å². The van der Waals surface area contributed by atoms with Crippen molar-refractivity contribution < 1.29 is 19.4 Å². The van der Waals surface area contributed by atoms with Crippen molar-refractivity contribution in [3.05, 3.63) is 106 Å². The summed E-state index contributed by atoms with van der Waals surface area (Å²) in [6.07, 6.45) is 1.70. The third-order valence-corrected chi connectivity index (χ3v) is 6.61. The Kier molecular flexibility index (Phi) is 5.70. The lowest BCUT2D eigenvalue weighted by Crippen LogP contribution is -2.29. The van der Waals surface area contributed by atoms with E-state index in [4.69, 9.17) is 4.74 Å². The summed E-state index contributed by atoms with van der Waals surface area (Å²) in [4.78, 5) is 28.0. The van der Waals surface area contributed by atoms with E-state index >= 15 is 0 Å². The first-order valence-corrected chi connectivity index (χ1v) is 11.7. The molecule has 5 rings (SSSR count). The number of aliphatic hydroxyl groups is 1. The fourth-order valence-electron chi connectivity index (χ4n) is 4.83. The van der Waals surface area contributed by atoms with Crippen LogP contribution in [0.2, 0.25) is 0 Å². The lowest BCUT2D eigenvalue weighted by Gasteiger charge is -2.25. The highest BCUT2D eigenvalue weighted by Crippen LogP contribution is 2.41. The van der Waals surface area contributed by atoms with Gasteiger partial charge < -0.3 is 14.7 Å². The zero-order valence-electron chi connectivity index (χ0n) is 19.3. The number of aryl methyl sites for hydroxylation is 1. The monoisotopic (exact) mass is 453 g/mol. The van der Waals surface area contributed by atoms with Gasteiger partial charge in [0.1, 0.15) is 17.6 Å². The molecule has 3 aromatic rings. The van der Waals surface area contributed by atoms with E-state index in [1.54, 1.807) is 11.0 Å². The number of nitrogens with zero attached hydrogens (tertiary/aromatic N) is 1. The van der Waals surface area contributed by atoms with Gasteiger partial charge in [-0.05, 0) is 53.8 Å². The van der Waals surface area contributed by atoms with Gasteiger partial charge in [0.05, 0.1) is 11.6 Å². The number of carbonyl (C=O) groups excluding carboxylic acids is 2. The quantitative estimate of drug-likeness (QED) is 0.328. The lowest BCUT2D eigenvalue weighted by molar-refractivity contribution is -0.140. The molecule has 34 heavy (non-hydrogen) atoms. The molecule has 0 bridgehead atoms. The summed E-state index contributed by atoms with van der Waals surface area (Å²) in [6.45, 7) is 4.35. The van der Waals surface area contributed by atoms with E-state index in [0.717, 1.165) is 40.8 Å². The summed E-state index contributed by atoms with van der Waals surface area (Å²) in [5, 5.41) is 11.4. The molecule has 0 saturated carbocycles. The Bertz CT molecular complexity index is 1280. The highest BCUT2D eigenvalue weighted by atomic mass is 16.5. The summed E-state index contributed by atoms with van der Waals surface area (Å²) in [5.41, 5.74) is 4.51. The molecular weight excluding hydrogens is 426 g/mol. The minimum atomic E-state index is -0.672. The summed E-state index contributed by atoms with van der Waals surface area (Å²) in [6, 6.07) is 22.2. The van der Waals surface area contributed by atoms with E-state index < -0.39 is 17.7 Å². The third kappa shape index (κ3) is 3.87.